The number of hydrogen-bond acceptors (Lipinski definition) is 6. The van der Waals surface area contributed by atoms with Gasteiger partial charge in [-0.1, -0.05) is 251 Å². The highest BCUT2D eigenvalue weighted by molar-refractivity contribution is 5.71. The van der Waals surface area contributed by atoms with Gasteiger partial charge in [0.25, 0.3) is 0 Å². The van der Waals surface area contributed by atoms with Crippen molar-refractivity contribution in [1.82, 2.24) is 0 Å². The minimum Gasteiger partial charge on any atom is -0.462 e. The molecule has 0 aromatic rings. The van der Waals surface area contributed by atoms with Gasteiger partial charge in [0.15, 0.2) is 6.10 Å². The van der Waals surface area contributed by atoms with Crippen LogP contribution in [0.3, 0.4) is 0 Å². The molecule has 0 saturated heterocycles. The second-order valence-electron chi connectivity index (χ2n) is 19.1. The van der Waals surface area contributed by atoms with E-state index in [1.165, 1.54) is 51.4 Å². The highest BCUT2D eigenvalue weighted by Crippen LogP contribution is 2.14. The van der Waals surface area contributed by atoms with E-state index in [9.17, 15) is 14.4 Å². The maximum atomic E-state index is 12.7. The topological polar surface area (TPSA) is 78.9 Å². The molecule has 412 valence electrons. The average Bonchev–Trinajstić information content (AvgIpc) is 3.39. The highest BCUT2D eigenvalue weighted by atomic mass is 16.6. The number of hydrogen-bond donors (Lipinski definition) is 0. The molecular formula is C67H108O6. The van der Waals surface area contributed by atoms with Crippen molar-refractivity contribution in [3.63, 3.8) is 0 Å². The van der Waals surface area contributed by atoms with Crippen LogP contribution in [-0.2, 0) is 28.6 Å². The van der Waals surface area contributed by atoms with Gasteiger partial charge in [0.1, 0.15) is 13.2 Å². The summed E-state index contributed by atoms with van der Waals surface area (Å²) in [6.07, 6.45) is 85.0. The second kappa shape index (κ2) is 60.1. The molecule has 0 spiro atoms. The van der Waals surface area contributed by atoms with Gasteiger partial charge in [-0.15, -0.1) is 0 Å². The van der Waals surface area contributed by atoms with Gasteiger partial charge in [0.2, 0.25) is 0 Å². The van der Waals surface area contributed by atoms with Crippen molar-refractivity contribution in [3.05, 3.63) is 134 Å². The summed E-state index contributed by atoms with van der Waals surface area (Å²) >= 11 is 0. The van der Waals surface area contributed by atoms with Crippen molar-refractivity contribution in [2.75, 3.05) is 13.2 Å². The molecule has 0 amide bonds. The summed E-state index contributed by atoms with van der Waals surface area (Å²) in [5, 5.41) is 0. The molecule has 6 nitrogen and oxygen atoms in total. The first-order valence-corrected chi connectivity index (χ1v) is 29.7. The summed E-state index contributed by atoms with van der Waals surface area (Å²) in [5.74, 6) is -0.929. The Labute approximate surface area is 449 Å². The van der Waals surface area contributed by atoms with E-state index in [2.05, 4.69) is 154 Å². The van der Waals surface area contributed by atoms with Crippen LogP contribution in [0.1, 0.15) is 252 Å². The number of unbranched alkanes of at least 4 members (excludes halogenated alkanes) is 19. The Hall–Kier alpha value is -4.45. The van der Waals surface area contributed by atoms with Crippen molar-refractivity contribution in [2.45, 2.75) is 258 Å². The lowest BCUT2D eigenvalue weighted by Gasteiger charge is -2.18. The number of rotatable bonds is 52. The first-order chi connectivity index (χ1) is 36.0. The largest absolute Gasteiger partial charge is 0.462 e. The normalized spacial score (nSPS) is 13.1. The van der Waals surface area contributed by atoms with Gasteiger partial charge >= 0.3 is 17.9 Å². The maximum Gasteiger partial charge on any atom is 0.306 e. The van der Waals surface area contributed by atoms with E-state index in [1.54, 1.807) is 0 Å². The Morgan fingerprint density at radius 1 is 0.288 bits per heavy atom. The van der Waals surface area contributed by atoms with Crippen molar-refractivity contribution < 1.29 is 28.6 Å². The molecule has 0 rings (SSSR count). The van der Waals surface area contributed by atoms with E-state index in [-0.39, 0.29) is 31.1 Å². The van der Waals surface area contributed by atoms with E-state index in [1.807, 2.05) is 0 Å². The van der Waals surface area contributed by atoms with Crippen LogP contribution in [0.4, 0.5) is 0 Å². The van der Waals surface area contributed by atoms with Gasteiger partial charge in [-0.05, 0) is 116 Å². The molecular weight excluding hydrogens is 901 g/mol. The number of carbonyl (C=O) groups excluding carboxylic acids is 3. The molecule has 0 aromatic heterocycles. The van der Waals surface area contributed by atoms with Crippen molar-refractivity contribution in [2.24, 2.45) is 0 Å². The number of allylic oxidation sites excluding steroid dienone is 22. The molecule has 1 atom stereocenters. The van der Waals surface area contributed by atoms with E-state index in [4.69, 9.17) is 14.2 Å². The first kappa shape index (κ1) is 68.6. The average molecular weight is 1010 g/mol. The summed E-state index contributed by atoms with van der Waals surface area (Å²) in [7, 11) is 0. The van der Waals surface area contributed by atoms with Crippen LogP contribution >= 0.6 is 0 Å². The summed E-state index contributed by atoms with van der Waals surface area (Å²) in [6, 6.07) is 0. The summed E-state index contributed by atoms with van der Waals surface area (Å²) in [5.41, 5.74) is 0. The molecule has 73 heavy (non-hydrogen) atoms. The molecule has 0 N–H and O–H groups in total. The van der Waals surface area contributed by atoms with Gasteiger partial charge in [-0.2, -0.15) is 0 Å². The van der Waals surface area contributed by atoms with Crippen LogP contribution in [0.15, 0.2) is 134 Å². The maximum absolute atomic E-state index is 12.7. The van der Waals surface area contributed by atoms with Crippen LogP contribution in [0, 0.1) is 0 Å². The highest BCUT2D eigenvalue weighted by Gasteiger charge is 2.19. The molecule has 0 fully saturated rings. The fourth-order valence-corrected chi connectivity index (χ4v) is 7.77. The smallest absolute Gasteiger partial charge is 0.306 e. The third kappa shape index (κ3) is 58.3. The number of ether oxygens (including phenoxy) is 3. The van der Waals surface area contributed by atoms with Gasteiger partial charge in [-0.25, -0.2) is 0 Å². The third-order valence-corrected chi connectivity index (χ3v) is 12.2. The van der Waals surface area contributed by atoms with Crippen LogP contribution in [0.5, 0.6) is 0 Å². The first-order valence-electron chi connectivity index (χ1n) is 29.7. The zero-order chi connectivity index (χ0) is 52.9. The lowest BCUT2D eigenvalue weighted by atomic mass is 10.1. The summed E-state index contributed by atoms with van der Waals surface area (Å²) in [6.45, 7) is 6.30. The van der Waals surface area contributed by atoms with Gasteiger partial charge in [-0.3, -0.25) is 14.4 Å². The zero-order valence-corrected chi connectivity index (χ0v) is 47.1. The SMILES string of the molecule is CC/C=C\C/C=C\C/C=C\C/C=C\C/C=C\C/C=C\C/C=C\C/C=C\CCCCCCCCCCCCC(=O)OCC(COC(=O)CCCCCCC)OC(=O)CCCCCCC/C=C\C/C=C\C/C=C\CC. The van der Waals surface area contributed by atoms with Crippen molar-refractivity contribution >= 4 is 17.9 Å². The standard InChI is InChI=1S/C67H108O6/c1-4-7-10-13-15-17-19-21-23-24-25-26-27-28-29-30-31-32-33-34-35-36-37-38-39-40-41-42-44-45-47-49-51-54-57-60-66(69)72-63-64(62-71-65(68)59-56-53-12-9-6-3)73-67(70)61-58-55-52-50-48-46-43-22-20-18-16-14-11-8-5-2/h7-8,10-11,15-18,21-23,25-26,28-29,31-32,34-35,37-38,43,64H,4-6,9,12-14,19-20,24,27,30,33,36,39-42,44-63H2,1-3H3/b10-7-,11-8-,17-15-,18-16-,23-21-,26-25-,29-28-,32-31-,35-34-,38-37-,43-22-. The van der Waals surface area contributed by atoms with Crippen molar-refractivity contribution in [1.29, 1.82) is 0 Å². The second-order valence-corrected chi connectivity index (χ2v) is 19.1. The fourth-order valence-electron chi connectivity index (χ4n) is 7.77. The zero-order valence-electron chi connectivity index (χ0n) is 47.1. The molecule has 0 aliphatic heterocycles. The Morgan fingerprint density at radius 2 is 0.534 bits per heavy atom. The molecule has 0 aliphatic carbocycles. The molecule has 0 aromatic carbocycles. The summed E-state index contributed by atoms with van der Waals surface area (Å²) in [4.78, 5) is 37.8. The third-order valence-electron chi connectivity index (χ3n) is 12.2. The molecule has 0 heterocycles. The van der Waals surface area contributed by atoms with Gasteiger partial charge in [0, 0.05) is 19.3 Å². The molecule has 0 bridgehead atoms. The van der Waals surface area contributed by atoms with E-state index >= 15 is 0 Å². The Morgan fingerprint density at radius 3 is 0.836 bits per heavy atom. The fraction of sp³-hybridized carbons (Fsp3) is 0.627. The quantitative estimate of drug-likeness (QED) is 0.0261. The Balaban J connectivity index is 4.05. The number of esters is 3. The molecule has 0 aliphatic rings. The Kier molecular flexibility index (Phi) is 56.4. The predicted octanol–water partition coefficient (Wildman–Crippen LogP) is 20.2. The Bertz CT molecular complexity index is 1580. The van der Waals surface area contributed by atoms with Crippen molar-refractivity contribution in [3.8, 4) is 0 Å². The van der Waals surface area contributed by atoms with E-state index in [0.717, 1.165) is 161 Å². The minimum absolute atomic E-state index is 0.0891. The van der Waals surface area contributed by atoms with Gasteiger partial charge < -0.3 is 14.2 Å². The van der Waals surface area contributed by atoms with Crippen LogP contribution in [0.2, 0.25) is 0 Å². The molecule has 0 saturated carbocycles. The van der Waals surface area contributed by atoms with E-state index < -0.39 is 6.10 Å². The molecule has 6 heteroatoms. The lowest BCUT2D eigenvalue weighted by Crippen LogP contribution is -2.30. The predicted molar refractivity (Wildman–Crippen MR) is 316 cm³/mol. The number of carbonyl (C=O) groups is 3. The summed E-state index contributed by atoms with van der Waals surface area (Å²) < 4.78 is 16.7. The molecule has 1 unspecified atom stereocenters. The monoisotopic (exact) mass is 1010 g/mol. The molecule has 0 radical (unpaired) electrons. The minimum atomic E-state index is -0.788. The van der Waals surface area contributed by atoms with Gasteiger partial charge in [0.05, 0.1) is 0 Å². The van der Waals surface area contributed by atoms with Crippen LogP contribution in [-0.4, -0.2) is 37.2 Å². The lowest BCUT2D eigenvalue weighted by molar-refractivity contribution is -0.167. The van der Waals surface area contributed by atoms with Crippen LogP contribution in [0.25, 0.3) is 0 Å². The van der Waals surface area contributed by atoms with Crippen LogP contribution < -0.4 is 0 Å². The van der Waals surface area contributed by atoms with E-state index in [0.29, 0.717) is 19.3 Å².